The van der Waals surface area contributed by atoms with Crippen molar-refractivity contribution >= 4 is 23.6 Å². The molecule has 4 aliphatic heterocycles. The first-order valence-electron chi connectivity index (χ1n) is 10.5. The number of morpholine rings is 2. The summed E-state index contributed by atoms with van der Waals surface area (Å²) in [5.74, 6) is 0.757. The van der Waals surface area contributed by atoms with Crippen LogP contribution in [0.25, 0.3) is 0 Å². The molecule has 0 aromatic rings. The zero-order valence-corrected chi connectivity index (χ0v) is 18.2. The maximum Gasteiger partial charge on any atom is 0.232 e. The minimum absolute atomic E-state index is 0.000639. The smallest absolute Gasteiger partial charge is 0.232 e. The fourth-order valence-electron chi connectivity index (χ4n) is 4.85. The van der Waals surface area contributed by atoms with Gasteiger partial charge >= 0.3 is 0 Å². The molecular weight excluding hydrogens is 396 g/mol. The zero-order chi connectivity index (χ0) is 20.5. The summed E-state index contributed by atoms with van der Waals surface area (Å²) >= 11 is 1.39. The Bertz CT molecular complexity index is 568. The first-order valence-corrected chi connectivity index (χ1v) is 11.7. The summed E-state index contributed by atoms with van der Waals surface area (Å²) in [4.78, 5) is 29.2. The molecule has 8 nitrogen and oxygen atoms in total. The van der Waals surface area contributed by atoms with Gasteiger partial charge in [0.15, 0.2) is 0 Å². The first kappa shape index (κ1) is 21.4. The second kappa shape index (κ2) is 8.70. The van der Waals surface area contributed by atoms with E-state index in [-0.39, 0.29) is 35.2 Å². The van der Waals surface area contributed by atoms with Crippen LogP contribution in [0.3, 0.4) is 0 Å². The highest BCUT2D eigenvalue weighted by atomic mass is 32.2. The lowest BCUT2D eigenvalue weighted by molar-refractivity contribution is -0.164. The zero-order valence-electron chi connectivity index (χ0n) is 17.4. The van der Waals surface area contributed by atoms with Crippen LogP contribution in [0.15, 0.2) is 0 Å². The quantitative estimate of drug-likeness (QED) is 0.647. The summed E-state index contributed by atoms with van der Waals surface area (Å²) < 4.78 is 23.2. The van der Waals surface area contributed by atoms with Crippen molar-refractivity contribution in [2.45, 2.75) is 50.1 Å². The number of hydrogen-bond donors (Lipinski definition) is 0. The maximum absolute atomic E-state index is 12.7. The molecule has 0 aliphatic carbocycles. The molecule has 9 heteroatoms. The molecule has 0 bridgehead atoms. The summed E-state index contributed by atoms with van der Waals surface area (Å²) in [5, 5.41) is 0. The summed E-state index contributed by atoms with van der Waals surface area (Å²) in [6.07, 6.45) is 1.65. The fourth-order valence-corrected chi connectivity index (χ4v) is 5.67. The monoisotopic (exact) mass is 428 g/mol. The van der Waals surface area contributed by atoms with Crippen molar-refractivity contribution in [3.8, 4) is 0 Å². The molecule has 29 heavy (non-hydrogen) atoms. The van der Waals surface area contributed by atoms with E-state index in [9.17, 15) is 9.59 Å². The minimum Gasteiger partial charge on any atom is -0.378 e. The third-order valence-corrected chi connectivity index (χ3v) is 7.01. The van der Waals surface area contributed by atoms with Crippen LogP contribution in [0.2, 0.25) is 0 Å². The van der Waals surface area contributed by atoms with E-state index < -0.39 is 0 Å². The standard InChI is InChI=1S/C20H32N2O6S/c1-15-7-21(11-19(27-15)3-5-25-13-19)17(23)9-29-10-18(24)22-8-16(2)28-20(12-22)4-6-26-14-20/h15-16H,3-14H2,1-2H3. The number of thioether (sulfide) groups is 1. The molecule has 2 spiro atoms. The molecule has 4 atom stereocenters. The first-order chi connectivity index (χ1) is 13.9. The van der Waals surface area contributed by atoms with Crippen LogP contribution >= 0.6 is 11.8 Å². The van der Waals surface area contributed by atoms with Crippen molar-refractivity contribution in [2.75, 3.05) is 64.1 Å². The van der Waals surface area contributed by atoms with Crippen LogP contribution in [-0.4, -0.2) is 109 Å². The second-order valence-electron chi connectivity index (χ2n) is 8.87. The van der Waals surface area contributed by atoms with Gasteiger partial charge < -0.3 is 28.7 Å². The Labute approximate surface area is 176 Å². The number of rotatable bonds is 4. The van der Waals surface area contributed by atoms with Gasteiger partial charge in [-0.15, -0.1) is 11.8 Å². The Kier molecular flexibility index (Phi) is 6.41. The SMILES string of the molecule is CC1CN(C(=O)CSCC(=O)N2CC(C)OC3(CCOC3)C2)CC2(CCOC2)O1. The summed E-state index contributed by atoms with van der Waals surface area (Å²) in [6.45, 7) is 8.81. The molecule has 0 aromatic carbocycles. The van der Waals surface area contributed by atoms with Gasteiger partial charge in [-0.1, -0.05) is 0 Å². The van der Waals surface area contributed by atoms with E-state index in [4.69, 9.17) is 18.9 Å². The molecule has 0 radical (unpaired) electrons. The Balaban J connectivity index is 1.25. The molecule has 2 amide bonds. The van der Waals surface area contributed by atoms with Crippen molar-refractivity contribution in [3.63, 3.8) is 0 Å². The molecule has 4 aliphatic rings. The van der Waals surface area contributed by atoms with Gasteiger partial charge in [0.1, 0.15) is 11.2 Å². The highest BCUT2D eigenvalue weighted by molar-refractivity contribution is 8.00. The summed E-state index contributed by atoms with van der Waals surface area (Å²) in [5.41, 5.74) is -0.704. The van der Waals surface area contributed by atoms with Gasteiger partial charge in [-0.25, -0.2) is 0 Å². The Morgan fingerprint density at radius 2 is 1.31 bits per heavy atom. The van der Waals surface area contributed by atoms with Crippen molar-refractivity contribution in [2.24, 2.45) is 0 Å². The predicted octanol–water partition coefficient (Wildman–Crippen LogP) is 0.532. The van der Waals surface area contributed by atoms with Crippen molar-refractivity contribution in [1.82, 2.24) is 9.80 Å². The average molecular weight is 429 g/mol. The topological polar surface area (TPSA) is 77.5 Å². The van der Waals surface area contributed by atoms with E-state index >= 15 is 0 Å². The Hall–Kier alpha value is -0.870. The number of ether oxygens (including phenoxy) is 4. The molecule has 4 heterocycles. The molecule has 4 fully saturated rings. The van der Waals surface area contributed by atoms with Crippen molar-refractivity contribution < 1.29 is 28.5 Å². The molecular formula is C20H32N2O6S. The van der Waals surface area contributed by atoms with E-state index in [1.165, 1.54) is 11.8 Å². The third kappa shape index (κ3) is 4.90. The lowest BCUT2D eigenvalue weighted by Gasteiger charge is -2.43. The normalized spacial score (nSPS) is 37.6. The van der Waals surface area contributed by atoms with Gasteiger partial charge in [0.05, 0.1) is 50.0 Å². The largest absolute Gasteiger partial charge is 0.378 e. The highest BCUT2D eigenvalue weighted by Gasteiger charge is 2.45. The van der Waals surface area contributed by atoms with E-state index in [2.05, 4.69) is 0 Å². The fraction of sp³-hybridized carbons (Fsp3) is 0.900. The van der Waals surface area contributed by atoms with Crippen molar-refractivity contribution in [3.05, 3.63) is 0 Å². The van der Waals surface area contributed by atoms with Crippen LogP contribution in [-0.2, 0) is 28.5 Å². The lowest BCUT2D eigenvalue weighted by atomic mass is 9.99. The van der Waals surface area contributed by atoms with Crippen LogP contribution in [0.5, 0.6) is 0 Å². The second-order valence-corrected chi connectivity index (χ2v) is 9.86. The number of nitrogens with zero attached hydrogens (tertiary/aromatic N) is 2. The van der Waals surface area contributed by atoms with E-state index in [1.54, 1.807) is 0 Å². The van der Waals surface area contributed by atoms with Gasteiger partial charge in [0.2, 0.25) is 11.8 Å². The van der Waals surface area contributed by atoms with E-state index in [0.29, 0.717) is 64.1 Å². The number of amides is 2. The summed E-state index contributed by atoms with van der Waals surface area (Å²) in [6, 6.07) is 0. The molecule has 4 saturated heterocycles. The third-order valence-electron chi connectivity index (χ3n) is 6.11. The molecule has 164 valence electrons. The van der Waals surface area contributed by atoms with Gasteiger partial charge in [-0.05, 0) is 13.8 Å². The molecule has 0 aromatic heterocycles. The van der Waals surface area contributed by atoms with E-state index in [0.717, 1.165) is 12.8 Å². The Morgan fingerprint density at radius 3 is 1.69 bits per heavy atom. The van der Waals surface area contributed by atoms with Crippen LogP contribution in [0.4, 0.5) is 0 Å². The number of carbonyl (C=O) groups is 2. The molecule has 0 N–H and O–H groups in total. The van der Waals surface area contributed by atoms with Gasteiger partial charge in [-0.3, -0.25) is 9.59 Å². The number of carbonyl (C=O) groups excluding carboxylic acids is 2. The Morgan fingerprint density at radius 1 is 0.862 bits per heavy atom. The molecule has 0 saturated carbocycles. The minimum atomic E-state index is -0.352. The highest BCUT2D eigenvalue weighted by Crippen LogP contribution is 2.31. The summed E-state index contributed by atoms with van der Waals surface area (Å²) in [7, 11) is 0. The maximum atomic E-state index is 12.7. The predicted molar refractivity (Wildman–Crippen MR) is 108 cm³/mol. The average Bonchev–Trinajstić information content (AvgIpc) is 3.30. The van der Waals surface area contributed by atoms with Gasteiger partial charge in [0.25, 0.3) is 0 Å². The van der Waals surface area contributed by atoms with E-state index in [1.807, 2.05) is 23.6 Å². The molecule has 4 rings (SSSR count). The van der Waals surface area contributed by atoms with Crippen molar-refractivity contribution in [1.29, 1.82) is 0 Å². The molecule has 4 unspecified atom stereocenters. The van der Waals surface area contributed by atoms with Crippen LogP contribution in [0.1, 0.15) is 26.7 Å². The number of hydrogen-bond acceptors (Lipinski definition) is 7. The van der Waals surface area contributed by atoms with Crippen LogP contribution < -0.4 is 0 Å². The lowest BCUT2D eigenvalue weighted by Crippen LogP contribution is -2.57. The van der Waals surface area contributed by atoms with Crippen LogP contribution in [0, 0.1) is 0 Å². The van der Waals surface area contributed by atoms with Gasteiger partial charge in [0, 0.05) is 39.1 Å². The van der Waals surface area contributed by atoms with Gasteiger partial charge in [-0.2, -0.15) is 0 Å².